The van der Waals surface area contributed by atoms with Crippen molar-refractivity contribution < 1.29 is 9.47 Å². The summed E-state index contributed by atoms with van der Waals surface area (Å²) in [5.41, 5.74) is 0. The summed E-state index contributed by atoms with van der Waals surface area (Å²) in [6.45, 7) is 4.50. The Morgan fingerprint density at radius 2 is 1.80 bits per heavy atom. The topological polar surface area (TPSA) is 18.5 Å². The van der Waals surface area contributed by atoms with Crippen LogP contribution >= 0.6 is 0 Å². The van der Waals surface area contributed by atoms with E-state index in [1.165, 1.54) is 6.42 Å². The van der Waals surface area contributed by atoms with Crippen molar-refractivity contribution in [1.82, 2.24) is 0 Å². The van der Waals surface area contributed by atoms with Crippen LogP contribution in [0.1, 0.15) is 26.2 Å². The molecule has 0 bridgehead atoms. The lowest BCUT2D eigenvalue weighted by Crippen LogP contribution is -1.99. The average molecular weight is 207 g/mol. The van der Waals surface area contributed by atoms with Crippen molar-refractivity contribution in [3.05, 3.63) is 30.3 Å². The van der Waals surface area contributed by atoms with Gasteiger partial charge in [-0.25, -0.2) is 0 Å². The highest BCUT2D eigenvalue weighted by atomic mass is 16.5. The Bertz CT molecular complexity index is 234. The molecular weight excluding hydrogens is 188 g/mol. The van der Waals surface area contributed by atoms with Gasteiger partial charge in [-0.1, -0.05) is 12.1 Å². The smallest absolute Gasteiger partial charge is 0.119 e. The Kier molecular flexibility index (Phi) is 6.67. The lowest BCUT2D eigenvalue weighted by molar-refractivity contribution is 0.141. The molecule has 0 aliphatic rings. The van der Waals surface area contributed by atoms with E-state index in [-0.39, 0.29) is 0 Å². The monoisotopic (exact) mass is 207 g/mol. The van der Waals surface area contributed by atoms with Crippen molar-refractivity contribution in [1.29, 1.82) is 0 Å². The Morgan fingerprint density at radius 1 is 1.07 bits per heavy atom. The number of rotatable bonds is 8. The molecule has 0 aliphatic carbocycles. The number of benzene rings is 1. The Labute approximate surface area is 92.2 Å². The first kappa shape index (κ1) is 12.1. The van der Waals surface area contributed by atoms with Crippen molar-refractivity contribution in [2.75, 3.05) is 19.8 Å². The maximum absolute atomic E-state index is 5.55. The number of hydrogen-bond acceptors (Lipinski definition) is 2. The van der Waals surface area contributed by atoms with Gasteiger partial charge in [0.05, 0.1) is 6.61 Å². The zero-order valence-corrected chi connectivity index (χ0v) is 9.37. The summed E-state index contributed by atoms with van der Waals surface area (Å²) < 4.78 is 10.8. The lowest BCUT2D eigenvalue weighted by Gasteiger charge is -2.05. The average Bonchev–Trinajstić information content (AvgIpc) is 2.29. The van der Waals surface area contributed by atoms with Gasteiger partial charge in [0.25, 0.3) is 0 Å². The minimum atomic E-state index is 0.788. The summed E-state index contributed by atoms with van der Waals surface area (Å²) in [6, 6.07) is 10.6. The Hall–Kier alpha value is -1.02. The van der Waals surface area contributed by atoms with E-state index in [0.29, 0.717) is 0 Å². The fourth-order valence-electron chi connectivity index (χ4n) is 1.29. The highest BCUT2D eigenvalue weighted by Gasteiger charge is 1.92. The lowest BCUT2D eigenvalue weighted by atomic mass is 10.2. The molecule has 0 atom stereocenters. The van der Waals surface area contributed by atoms with Gasteiger partial charge in [-0.05, 0) is 44.4 Å². The molecule has 0 aromatic heterocycles. The van der Waals surface area contributed by atoms with Crippen LogP contribution < -0.4 is 4.74 Å². The van der Waals surface area contributed by atoms with Gasteiger partial charge in [0.2, 0.25) is 0 Å². The highest BCUT2D eigenvalue weighted by molar-refractivity contribution is 5.20. The van der Waals surface area contributed by atoms with Gasteiger partial charge in [-0.15, -0.1) is 0 Å². The number of hydrogen-bond donors (Lipinski definition) is 0. The van der Waals surface area contributed by atoms with Crippen LogP contribution in [0.2, 0.25) is 0 Å². The second-order valence-electron chi connectivity index (χ2n) is 3.34. The maximum atomic E-state index is 5.55. The van der Waals surface area contributed by atoms with E-state index in [9.17, 15) is 0 Å². The van der Waals surface area contributed by atoms with Crippen LogP contribution in [-0.4, -0.2) is 19.8 Å². The zero-order valence-electron chi connectivity index (χ0n) is 9.37. The summed E-state index contributed by atoms with van der Waals surface area (Å²) in [4.78, 5) is 0. The SMILES string of the molecule is CCOCCCCCOc1cc[c]cc1. The predicted octanol–water partition coefficient (Wildman–Crippen LogP) is 3.07. The van der Waals surface area contributed by atoms with Gasteiger partial charge in [0.1, 0.15) is 5.75 Å². The standard InChI is InChI=1S/C13H19O2/c1-2-14-11-7-4-8-12-15-13-9-5-3-6-10-13/h5-6,9-10H,2,4,7-8,11-12H2,1H3. The van der Waals surface area contributed by atoms with E-state index in [4.69, 9.17) is 9.47 Å². The molecule has 0 unspecified atom stereocenters. The zero-order chi connectivity index (χ0) is 10.8. The normalized spacial score (nSPS) is 10.2. The Morgan fingerprint density at radius 3 is 2.53 bits per heavy atom. The summed E-state index contributed by atoms with van der Waals surface area (Å²) in [7, 11) is 0. The second kappa shape index (κ2) is 8.30. The molecule has 2 heteroatoms. The summed E-state index contributed by atoms with van der Waals surface area (Å²) >= 11 is 0. The van der Waals surface area contributed by atoms with Gasteiger partial charge >= 0.3 is 0 Å². The van der Waals surface area contributed by atoms with Crippen molar-refractivity contribution in [2.24, 2.45) is 0 Å². The largest absolute Gasteiger partial charge is 0.494 e. The van der Waals surface area contributed by atoms with E-state index >= 15 is 0 Å². The van der Waals surface area contributed by atoms with E-state index in [1.807, 2.05) is 31.2 Å². The van der Waals surface area contributed by atoms with Gasteiger partial charge in [0, 0.05) is 13.2 Å². The molecule has 0 heterocycles. The summed E-state index contributed by atoms with van der Waals surface area (Å²) in [5.74, 6) is 0.929. The molecule has 1 aromatic carbocycles. The molecule has 2 nitrogen and oxygen atoms in total. The Balaban J connectivity index is 1.93. The van der Waals surface area contributed by atoms with Gasteiger partial charge in [0.15, 0.2) is 0 Å². The predicted molar refractivity (Wildman–Crippen MR) is 61.1 cm³/mol. The van der Waals surface area contributed by atoms with Crippen LogP contribution in [-0.2, 0) is 4.74 Å². The number of ether oxygens (including phenoxy) is 2. The van der Waals surface area contributed by atoms with Gasteiger partial charge < -0.3 is 9.47 Å². The number of unbranched alkanes of at least 4 members (excludes halogenated alkanes) is 2. The molecule has 0 fully saturated rings. The van der Waals surface area contributed by atoms with Crippen LogP contribution in [0.5, 0.6) is 5.75 Å². The minimum Gasteiger partial charge on any atom is -0.494 e. The van der Waals surface area contributed by atoms with E-state index in [2.05, 4.69) is 6.07 Å². The third kappa shape index (κ3) is 6.13. The molecule has 15 heavy (non-hydrogen) atoms. The molecule has 0 aliphatic heterocycles. The van der Waals surface area contributed by atoms with E-state index < -0.39 is 0 Å². The van der Waals surface area contributed by atoms with Crippen LogP contribution in [0.3, 0.4) is 0 Å². The molecule has 1 aromatic rings. The molecule has 0 amide bonds. The third-order valence-corrected chi connectivity index (χ3v) is 2.09. The fourth-order valence-corrected chi connectivity index (χ4v) is 1.29. The van der Waals surface area contributed by atoms with Crippen LogP contribution in [0.25, 0.3) is 0 Å². The van der Waals surface area contributed by atoms with Crippen molar-refractivity contribution in [2.45, 2.75) is 26.2 Å². The van der Waals surface area contributed by atoms with E-state index in [1.54, 1.807) is 0 Å². The molecule has 0 spiro atoms. The third-order valence-electron chi connectivity index (χ3n) is 2.09. The first-order chi connectivity index (χ1) is 7.43. The summed E-state index contributed by atoms with van der Waals surface area (Å²) in [5, 5.41) is 0. The van der Waals surface area contributed by atoms with E-state index in [0.717, 1.165) is 38.4 Å². The highest BCUT2D eigenvalue weighted by Crippen LogP contribution is 2.08. The van der Waals surface area contributed by atoms with Crippen molar-refractivity contribution in [3.63, 3.8) is 0 Å². The molecule has 0 saturated heterocycles. The van der Waals surface area contributed by atoms with Gasteiger partial charge in [-0.2, -0.15) is 0 Å². The molecule has 83 valence electrons. The second-order valence-corrected chi connectivity index (χ2v) is 3.34. The quantitative estimate of drug-likeness (QED) is 0.610. The molecule has 0 saturated carbocycles. The fraction of sp³-hybridized carbons (Fsp3) is 0.538. The summed E-state index contributed by atoms with van der Waals surface area (Å²) in [6.07, 6.45) is 3.38. The van der Waals surface area contributed by atoms with Crippen LogP contribution in [0, 0.1) is 6.07 Å². The molecule has 1 rings (SSSR count). The molecular formula is C13H19O2. The van der Waals surface area contributed by atoms with Crippen molar-refractivity contribution in [3.8, 4) is 5.75 Å². The first-order valence-corrected chi connectivity index (χ1v) is 5.60. The maximum Gasteiger partial charge on any atom is 0.119 e. The molecule has 0 N–H and O–H groups in total. The van der Waals surface area contributed by atoms with Gasteiger partial charge in [-0.3, -0.25) is 0 Å². The van der Waals surface area contributed by atoms with Crippen LogP contribution in [0.15, 0.2) is 24.3 Å². The van der Waals surface area contributed by atoms with Crippen molar-refractivity contribution >= 4 is 0 Å². The minimum absolute atomic E-state index is 0.788. The van der Waals surface area contributed by atoms with Crippen LogP contribution in [0.4, 0.5) is 0 Å². The first-order valence-electron chi connectivity index (χ1n) is 5.60. The molecule has 1 radical (unpaired) electrons.